The molecule has 0 spiro atoms. The van der Waals surface area contributed by atoms with E-state index < -0.39 is 0 Å². The number of carbonyl (C=O) groups is 1. The number of thiazole rings is 1. The summed E-state index contributed by atoms with van der Waals surface area (Å²) in [6, 6.07) is 4.99. The van der Waals surface area contributed by atoms with Gasteiger partial charge in [0.25, 0.3) is 11.5 Å². The van der Waals surface area contributed by atoms with Crippen molar-refractivity contribution in [2.24, 2.45) is 0 Å². The van der Waals surface area contributed by atoms with Crippen LogP contribution in [0.1, 0.15) is 28.0 Å². The van der Waals surface area contributed by atoms with Crippen molar-refractivity contribution in [2.45, 2.75) is 26.4 Å². The fraction of sp³-hybridized carbons (Fsp3) is 0.263. The van der Waals surface area contributed by atoms with E-state index in [9.17, 15) is 9.59 Å². The van der Waals surface area contributed by atoms with Crippen molar-refractivity contribution in [1.29, 1.82) is 0 Å². The molecular weight excluding hydrogens is 380 g/mol. The number of hydrogen-bond donors (Lipinski definition) is 1. The minimum absolute atomic E-state index is 0.141. The van der Waals surface area contributed by atoms with E-state index >= 15 is 0 Å². The third-order valence-electron chi connectivity index (χ3n) is 4.19. The van der Waals surface area contributed by atoms with Crippen LogP contribution in [0.5, 0.6) is 0 Å². The van der Waals surface area contributed by atoms with Gasteiger partial charge in [-0.25, -0.2) is 4.98 Å². The number of benzene rings is 1. The lowest BCUT2D eigenvalue weighted by Gasteiger charge is -2.16. The summed E-state index contributed by atoms with van der Waals surface area (Å²) in [5, 5.41) is 3.51. The predicted molar refractivity (Wildman–Crippen MR) is 111 cm³/mol. The zero-order valence-corrected chi connectivity index (χ0v) is 16.8. The van der Waals surface area contributed by atoms with Crippen LogP contribution in [0.25, 0.3) is 10.9 Å². The molecule has 6 nitrogen and oxygen atoms in total. The molecule has 3 rings (SSSR count). The van der Waals surface area contributed by atoms with Crippen LogP contribution in [-0.4, -0.2) is 32.4 Å². The van der Waals surface area contributed by atoms with Crippen molar-refractivity contribution in [3.05, 3.63) is 67.6 Å². The Morgan fingerprint density at radius 2 is 2.26 bits per heavy atom. The largest absolute Gasteiger partial charge is 0.336 e. The van der Waals surface area contributed by atoms with Crippen molar-refractivity contribution < 1.29 is 4.79 Å². The number of nitrogens with one attached hydrogen (secondary N) is 1. The highest BCUT2D eigenvalue weighted by atomic mass is 32.1. The summed E-state index contributed by atoms with van der Waals surface area (Å²) in [7, 11) is 1.74. The van der Waals surface area contributed by atoms with Crippen molar-refractivity contribution in [2.75, 3.05) is 7.05 Å². The van der Waals surface area contributed by atoms with Crippen LogP contribution in [0, 0.1) is 4.77 Å². The van der Waals surface area contributed by atoms with Crippen molar-refractivity contribution in [3.63, 3.8) is 0 Å². The number of aryl methyl sites for hydroxylation is 1. The van der Waals surface area contributed by atoms with Gasteiger partial charge < -0.3 is 9.88 Å². The van der Waals surface area contributed by atoms with E-state index in [0.717, 1.165) is 17.1 Å². The second kappa shape index (κ2) is 7.98. The van der Waals surface area contributed by atoms with Gasteiger partial charge in [0.1, 0.15) is 0 Å². The van der Waals surface area contributed by atoms with Gasteiger partial charge in [0.15, 0.2) is 4.77 Å². The Morgan fingerprint density at radius 3 is 2.93 bits per heavy atom. The first-order chi connectivity index (χ1) is 12.9. The smallest absolute Gasteiger partial charge is 0.262 e. The standard InChI is InChI=1S/C19H20N4O2S2/c1-4-8-23-18(25)14-7-6-12(9-15(14)21-19(23)26)17(24)22(3)10-13-11-27-16(5-2)20-13/h4,6-7,9,11H,1,5,8,10H2,2-3H3,(H,21,26). The molecule has 2 heterocycles. The van der Waals surface area contributed by atoms with Crippen molar-refractivity contribution in [3.8, 4) is 0 Å². The van der Waals surface area contributed by atoms with Crippen molar-refractivity contribution in [1.82, 2.24) is 19.4 Å². The molecule has 2 aromatic heterocycles. The molecule has 0 aliphatic rings. The molecule has 1 amide bonds. The molecule has 0 unspecified atom stereocenters. The summed E-state index contributed by atoms with van der Waals surface area (Å²) in [6.07, 6.45) is 2.50. The van der Waals surface area contributed by atoms with Crippen LogP contribution < -0.4 is 5.56 Å². The van der Waals surface area contributed by atoms with Gasteiger partial charge in [-0.3, -0.25) is 14.2 Å². The van der Waals surface area contributed by atoms with E-state index in [1.807, 2.05) is 5.38 Å². The van der Waals surface area contributed by atoms with Gasteiger partial charge in [0, 0.05) is 24.5 Å². The first kappa shape index (κ1) is 19.2. The number of rotatable bonds is 6. The molecule has 27 heavy (non-hydrogen) atoms. The molecule has 0 saturated carbocycles. The van der Waals surface area contributed by atoms with Gasteiger partial charge in [-0.1, -0.05) is 13.0 Å². The summed E-state index contributed by atoms with van der Waals surface area (Å²) >= 11 is 6.85. The van der Waals surface area contributed by atoms with Gasteiger partial charge in [0.2, 0.25) is 0 Å². The Morgan fingerprint density at radius 1 is 1.48 bits per heavy atom. The van der Waals surface area contributed by atoms with E-state index in [-0.39, 0.29) is 11.5 Å². The van der Waals surface area contributed by atoms with Crippen LogP contribution in [0.2, 0.25) is 0 Å². The second-order valence-electron chi connectivity index (χ2n) is 6.14. The first-order valence-corrected chi connectivity index (χ1v) is 9.80. The third-order valence-corrected chi connectivity index (χ3v) is 5.55. The maximum absolute atomic E-state index is 12.8. The lowest BCUT2D eigenvalue weighted by molar-refractivity contribution is 0.0783. The molecule has 0 aliphatic carbocycles. The molecular formula is C19H20N4O2S2. The number of carbonyl (C=O) groups excluding carboxylic acids is 1. The Bertz CT molecular complexity index is 1130. The third kappa shape index (κ3) is 3.91. The predicted octanol–water partition coefficient (Wildman–Crippen LogP) is 3.54. The average Bonchev–Trinajstić information content (AvgIpc) is 3.11. The number of fused-ring (bicyclic) bond motifs is 1. The molecule has 0 aliphatic heterocycles. The monoisotopic (exact) mass is 400 g/mol. The van der Waals surface area contributed by atoms with Crippen LogP contribution in [0.4, 0.5) is 0 Å². The van der Waals surface area contributed by atoms with Crippen LogP contribution in [-0.2, 0) is 19.5 Å². The van der Waals surface area contributed by atoms with Gasteiger partial charge in [0.05, 0.1) is 28.1 Å². The van der Waals surface area contributed by atoms with Gasteiger partial charge in [-0.05, 0) is 36.8 Å². The first-order valence-electron chi connectivity index (χ1n) is 8.51. The van der Waals surface area contributed by atoms with Crippen molar-refractivity contribution >= 4 is 40.4 Å². The van der Waals surface area contributed by atoms with E-state index in [2.05, 4.69) is 23.5 Å². The molecule has 0 radical (unpaired) electrons. The maximum Gasteiger partial charge on any atom is 0.262 e. The number of hydrogen-bond acceptors (Lipinski definition) is 5. The summed E-state index contributed by atoms with van der Waals surface area (Å²) < 4.78 is 1.74. The fourth-order valence-corrected chi connectivity index (χ4v) is 3.80. The fourth-order valence-electron chi connectivity index (χ4n) is 2.80. The molecule has 3 aromatic rings. The van der Waals surface area contributed by atoms with E-state index in [0.29, 0.717) is 34.3 Å². The van der Waals surface area contributed by atoms with Gasteiger partial charge in [-0.15, -0.1) is 17.9 Å². The molecule has 0 bridgehead atoms. The minimum Gasteiger partial charge on any atom is -0.336 e. The Balaban J connectivity index is 1.90. The second-order valence-corrected chi connectivity index (χ2v) is 7.47. The summed E-state index contributed by atoms with van der Waals surface area (Å²) in [4.78, 5) is 34.5. The molecule has 1 aromatic carbocycles. The van der Waals surface area contributed by atoms with E-state index in [1.54, 1.807) is 47.6 Å². The molecule has 1 N–H and O–H groups in total. The number of allylic oxidation sites excluding steroid dienone is 1. The molecule has 140 valence electrons. The van der Waals surface area contributed by atoms with Gasteiger partial charge >= 0.3 is 0 Å². The van der Waals surface area contributed by atoms with Crippen LogP contribution in [0.3, 0.4) is 0 Å². The Kier molecular flexibility index (Phi) is 5.67. The zero-order chi connectivity index (χ0) is 19.6. The highest BCUT2D eigenvalue weighted by Crippen LogP contribution is 2.15. The molecule has 0 saturated heterocycles. The van der Waals surface area contributed by atoms with Crippen LogP contribution >= 0.6 is 23.6 Å². The quantitative estimate of drug-likeness (QED) is 0.508. The minimum atomic E-state index is -0.199. The number of H-pyrrole nitrogens is 1. The van der Waals surface area contributed by atoms with Crippen LogP contribution in [0.15, 0.2) is 41.0 Å². The van der Waals surface area contributed by atoms with E-state index in [1.165, 1.54) is 4.57 Å². The lowest BCUT2D eigenvalue weighted by atomic mass is 10.1. The number of aromatic nitrogens is 3. The number of amides is 1. The molecule has 0 fully saturated rings. The summed E-state index contributed by atoms with van der Waals surface area (Å²) in [5.41, 5.74) is 1.71. The highest BCUT2D eigenvalue weighted by Gasteiger charge is 2.15. The normalized spacial score (nSPS) is 10.9. The zero-order valence-electron chi connectivity index (χ0n) is 15.2. The number of nitrogens with zero attached hydrogens (tertiary/aromatic N) is 3. The summed E-state index contributed by atoms with van der Waals surface area (Å²) in [6.45, 7) is 6.47. The topological polar surface area (TPSA) is 71.0 Å². The molecule has 0 atom stereocenters. The van der Waals surface area contributed by atoms with E-state index in [4.69, 9.17) is 12.2 Å². The maximum atomic E-state index is 12.8. The highest BCUT2D eigenvalue weighted by molar-refractivity contribution is 7.71. The average molecular weight is 401 g/mol. The van der Waals surface area contributed by atoms with Gasteiger partial charge in [-0.2, -0.15) is 0 Å². The Labute approximate surface area is 165 Å². The SMILES string of the molecule is C=CCn1c(=S)[nH]c2cc(C(=O)N(C)Cc3csc(CC)n3)ccc2c1=O. The Hall–Kier alpha value is -2.58. The lowest BCUT2D eigenvalue weighted by Crippen LogP contribution is -2.27. The molecule has 8 heteroatoms. The number of aromatic amines is 1. The summed E-state index contributed by atoms with van der Waals surface area (Å²) in [5.74, 6) is -0.141.